The largest absolute Gasteiger partial charge is 0.490 e. The van der Waals surface area contributed by atoms with Crippen LogP contribution in [0.1, 0.15) is 11.1 Å². The molecular weight excluding hydrogens is 312 g/mol. The van der Waals surface area contributed by atoms with Gasteiger partial charge in [0, 0.05) is 0 Å². The molecule has 3 aromatic rings. The van der Waals surface area contributed by atoms with Crippen LogP contribution < -0.4 is 14.2 Å². The molecule has 0 bridgehead atoms. The Bertz CT molecular complexity index is 767. The molecule has 0 heterocycles. The van der Waals surface area contributed by atoms with Crippen LogP contribution in [-0.2, 0) is 6.61 Å². The maximum Gasteiger partial charge on any atom is 0.122 e. The van der Waals surface area contributed by atoms with Gasteiger partial charge in [-0.1, -0.05) is 42.5 Å². The molecule has 0 aliphatic carbocycles. The van der Waals surface area contributed by atoms with Crippen molar-refractivity contribution >= 4 is 0 Å². The summed E-state index contributed by atoms with van der Waals surface area (Å²) >= 11 is 0. The summed E-state index contributed by atoms with van der Waals surface area (Å²) in [6.07, 6.45) is 0. The maximum absolute atomic E-state index is 5.76. The number of aryl methyl sites for hydroxylation is 1. The standard InChI is InChI=1S/C22H22O3/c1-18-6-5-9-22(16-18)24-15-14-23-20-10-12-21(13-11-20)25-17-19-7-3-2-4-8-19/h2-13,16H,14-15,17H2,1H3. The molecule has 25 heavy (non-hydrogen) atoms. The maximum atomic E-state index is 5.76. The minimum atomic E-state index is 0.498. The van der Waals surface area contributed by atoms with Gasteiger partial charge >= 0.3 is 0 Å². The fourth-order valence-corrected chi connectivity index (χ4v) is 2.40. The monoisotopic (exact) mass is 334 g/mol. The van der Waals surface area contributed by atoms with Gasteiger partial charge in [-0.3, -0.25) is 0 Å². The Hall–Kier alpha value is -2.94. The summed E-state index contributed by atoms with van der Waals surface area (Å²) in [6.45, 7) is 3.62. The van der Waals surface area contributed by atoms with E-state index in [2.05, 4.69) is 0 Å². The molecule has 0 fully saturated rings. The first-order chi connectivity index (χ1) is 12.3. The molecule has 3 heteroatoms. The Morgan fingerprint density at radius 1 is 0.600 bits per heavy atom. The van der Waals surface area contributed by atoms with E-state index in [4.69, 9.17) is 14.2 Å². The predicted molar refractivity (Wildman–Crippen MR) is 99.4 cm³/mol. The Morgan fingerprint density at radius 2 is 1.24 bits per heavy atom. The molecule has 3 rings (SSSR count). The molecule has 0 saturated carbocycles. The molecule has 0 aliphatic heterocycles. The molecule has 3 nitrogen and oxygen atoms in total. The highest BCUT2D eigenvalue weighted by Crippen LogP contribution is 2.19. The molecule has 0 N–H and O–H groups in total. The Labute approximate surface area is 148 Å². The summed E-state index contributed by atoms with van der Waals surface area (Å²) < 4.78 is 17.1. The van der Waals surface area contributed by atoms with Crippen molar-refractivity contribution in [2.24, 2.45) is 0 Å². The van der Waals surface area contributed by atoms with E-state index in [1.54, 1.807) is 0 Å². The van der Waals surface area contributed by atoms with Crippen LogP contribution in [0.5, 0.6) is 17.2 Å². The summed E-state index contributed by atoms with van der Waals surface area (Å²) in [6, 6.07) is 25.8. The Kier molecular flexibility index (Phi) is 5.94. The lowest BCUT2D eigenvalue weighted by Gasteiger charge is -2.10. The minimum absolute atomic E-state index is 0.498. The number of hydrogen-bond acceptors (Lipinski definition) is 3. The summed E-state index contributed by atoms with van der Waals surface area (Å²) in [4.78, 5) is 0. The van der Waals surface area contributed by atoms with Crippen LogP contribution in [0.15, 0.2) is 78.9 Å². The smallest absolute Gasteiger partial charge is 0.122 e. The Balaban J connectivity index is 1.40. The van der Waals surface area contributed by atoms with E-state index < -0.39 is 0 Å². The first-order valence-electron chi connectivity index (χ1n) is 8.39. The van der Waals surface area contributed by atoms with E-state index in [9.17, 15) is 0 Å². The third-order valence-electron chi connectivity index (χ3n) is 3.68. The van der Waals surface area contributed by atoms with Crippen molar-refractivity contribution in [1.82, 2.24) is 0 Å². The van der Waals surface area contributed by atoms with Gasteiger partial charge < -0.3 is 14.2 Å². The predicted octanol–water partition coefficient (Wildman–Crippen LogP) is 5.03. The third kappa shape index (κ3) is 5.57. The SMILES string of the molecule is Cc1cccc(OCCOc2ccc(OCc3ccccc3)cc2)c1. The highest BCUT2D eigenvalue weighted by atomic mass is 16.5. The van der Waals surface area contributed by atoms with Gasteiger partial charge in [0.15, 0.2) is 0 Å². The lowest BCUT2D eigenvalue weighted by atomic mass is 10.2. The number of ether oxygens (including phenoxy) is 3. The van der Waals surface area contributed by atoms with E-state index in [0.717, 1.165) is 22.8 Å². The van der Waals surface area contributed by atoms with Crippen molar-refractivity contribution in [3.63, 3.8) is 0 Å². The van der Waals surface area contributed by atoms with Gasteiger partial charge in [0.05, 0.1) is 0 Å². The fraction of sp³-hybridized carbons (Fsp3) is 0.182. The number of rotatable bonds is 8. The van der Waals surface area contributed by atoms with Crippen molar-refractivity contribution in [2.45, 2.75) is 13.5 Å². The second kappa shape index (κ2) is 8.78. The molecule has 0 amide bonds. The van der Waals surface area contributed by atoms with Crippen molar-refractivity contribution in [2.75, 3.05) is 13.2 Å². The quantitative estimate of drug-likeness (QED) is 0.541. The summed E-state index contributed by atoms with van der Waals surface area (Å²) in [7, 11) is 0. The van der Waals surface area contributed by atoms with Gasteiger partial charge in [-0.15, -0.1) is 0 Å². The molecule has 0 spiro atoms. The molecule has 0 unspecified atom stereocenters. The van der Waals surface area contributed by atoms with Crippen molar-refractivity contribution in [3.8, 4) is 17.2 Å². The lowest BCUT2D eigenvalue weighted by molar-refractivity contribution is 0.217. The zero-order chi connectivity index (χ0) is 17.3. The summed E-state index contributed by atoms with van der Waals surface area (Å²) in [5.41, 5.74) is 2.33. The normalized spacial score (nSPS) is 10.3. The molecule has 0 saturated heterocycles. The van der Waals surface area contributed by atoms with Crippen LogP contribution in [0.4, 0.5) is 0 Å². The second-order valence-electron chi connectivity index (χ2n) is 5.76. The molecule has 0 aliphatic rings. The average Bonchev–Trinajstić information content (AvgIpc) is 2.65. The van der Waals surface area contributed by atoms with Gasteiger partial charge in [0.1, 0.15) is 37.1 Å². The van der Waals surface area contributed by atoms with Gasteiger partial charge in [-0.05, 0) is 54.4 Å². The first kappa shape index (κ1) is 16.9. The summed E-state index contributed by atoms with van der Waals surface area (Å²) in [5.74, 6) is 2.50. The van der Waals surface area contributed by atoms with Crippen molar-refractivity contribution < 1.29 is 14.2 Å². The Morgan fingerprint density at radius 3 is 1.92 bits per heavy atom. The first-order valence-corrected chi connectivity index (χ1v) is 8.39. The van der Waals surface area contributed by atoms with Gasteiger partial charge in [0.25, 0.3) is 0 Å². The van der Waals surface area contributed by atoms with Crippen LogP contribution in [0, 0.1) is 6.92 Å². The van der Waals surface area contributed by atoms with Crippen LogP contribution >= 0.6 is 0 Å². The van der Waals surface area contributed by atoms with Crippen LogP contribution in [0.25, 0.3) is 0 Å². The van der Waals surface area contributed by atoms with E-state index in [0.29, 0.717) is 19.8 Å². The number of benzene rings is 3. The zero-order valence-corrected chi connectivity index (χ0v) is 14.4. The molecular formula is C22H22O3. The highest BCUT2D eigenvalue weighted by Gasteiger charge is 1.99. The van der Waals surface area contributed by atoms with Crippen LogP contribution in [-0.4, -0.2) is 13.2 Å². The average molecular weight is 334 g/mol. The topological polar surface area (TPSA) is 27.7 Å². The van der Waals surface area contributed by atoms with Gasteiger partial charge in [-0.2, -0.15) is 0 Å². The van der Waals surface area contributed by atoms with Gasteiger partial charge in [0.2, 0.25) is 0 Å². The van der Waals surface area contributed by atoms with E-state index in [-0.39, 0.29) is 0 Å². The van der Waals surface area contributed by atoms with Gasteiger partial charge in [-0.25, -0.2) is 0 Å². The van der Waals surface area contributed by atoms with Crippen molar-refractivity contribution in [3.05, 3.63) is 90.0 Å². The molecule has 0 atom stereocenters. The van der Waals surface area contributed by atoms with E-state index in [1.165, 1.54) is 5.56 Å². The van der Waals surface area contributed by atoms with E-state index in [1.807, 2.05) is 85.8 Å². The molecule has 128 valence electrons. The fourth-order valence-electron chi connectivity index (χ4n) is 2.40. The van der Waals surface area contributed by atoms with Crippen LogP contribution in [0.2, 0.25) is 0 Å². The second-order valence-corrected chi connectivity index (χ2v) is 5.76. The minimum Gasteiger partial charge on any atom is -0.490 e. The summed E-state index contributed by atoms with van der Waals surface area (Å²) in [5, 5.41) is 0. The molecule has 0 aromatic heterocycles. The molecule has 3 aromatic carbocycles. The third-order valence-corrected chi connectivity index (χ3v) is 3.68. The highest BCUT2D eigenvalue weighted by molar-refractivity contribution is 5.31. The van der Waals surface area contributed by atoms with Crippen molar-refractivity contribution in [1.29, 1.82) is 0 Å². The molecule has 0 radical (unpaired) electrons. The van der Waals surface area contributed by atoms with E-state index >= 15 is 0 Å². The number of hydrogen-bond donors (Lipinski definition) is 0. The zero-order valence-electron chi connectivity index (χ0n) is 14.4. The van der Waals surface area contributed by atoms with Crippen LogP contribution in [0.3, 0.4) is 0 Å². The lowest BCUT2D eigenvalue weighted by Crippen LogP contribution is -2.09.